The molecule has 1 aliphatic heterocycles. The molecule has 0 fully saturated rings. The third kappa shape index (κ3) is 1.94. The van der Waals surface area contributed by atoms with Gasteiger partial charge >= 0.3 is 0 Å². The van der Waals surface area contributed by atoms with Gasteiger partial charge in [-0.3, -0.25) is 9.59 Å². The Hall–Kier alpha value is -1.97. The lowest BCUT2D eigenvalue weighted by Crippen LogP contribution is -2.31. The molecule has 1 heterocycles. The topological polar surface area (TPSA) is 37.4 Å². The summed E-state index contributed by atoms with van der Waals surface area (Å²) in [4.78, 5) is 24.8. The second-order valence-electron chi connectivity index (χ2n) is 4.36. The van der Waals surface area contributed by atoms with Gasteiger partial charge in [-0.1, -0.05) is 6.08 Å². The largest absolute Gasteiger partial charge is 0.302 e. The summed E-state index contributed by atoms with van der Waals surface area (Å²) in [7, 11) is 0. The first-order chi connectivity index (χ1) is 8.56. The van der Waals surface area contributed by atoms with E-state index in [-0.39, 0.29) is 11.3 Å². The third-order valence-corrected chi connectivity index (χ3v) is 2.95. The van der Waals surface area contributed by atoms with E-state index < -0.39 is 17.5 Å². The van der Waals surface area contributed by atoms with Crippen LogP contribution in [0.5, 0.6) is 0 Å². The lowest BCUT2D eigenvalue weighted by molar-refractivity contribution is -0.114. The van der Waals surface area contributed by atoms with Crippen LogP contribution in [0.2, 0.25) is 0 Å². The number of hydrogen-bond donors (Lipinski definition) is 0. The van der Waals surface area contributed by atoms with Gasteiger partial charge in [-0.25, -0.2) is 4.39 Å². The zero-order valence-corrected chi connectivity index (χ0v) is 10.2. The van der Waals surface area contributed by atoms with Gasteiger partial charge in [0, 0.05) is 6.54 Å². The fourth-order valence-corrected chi connectivity index (χ4v) is 2.13. The molecule has 0 spiro atoms. The molecule has 2 rings (SSSR count). The van der Waals surface area contributed by atoms with Crippen LogP contribution < -0.4 is 4.90 Å². The molecule has 94 valence electrons. The molecule has 0 saturated carbocycles. The number of anilines is 1. The SMILES string of the molecule is C=CCCCN1C(=O)C(=O)c2cc(C)cc(F)c21. The van der Waals surface area contributed by atoms with Gasteiger partial charge in [0.2, 0.25) is 0 Å². The van der Waals surface area contributed by atoms with Gasteiger partial charge in [0.15, 0.2) is 0 Å². The summed E-state index contributed by atoms with van der Waals surface area (Å²) in [5.74, 6) is -1.77. The highest BCUT2D eigenvalue weighted by atomic mass is 19.1. The van der Waals surface area contributed by atoms with E-state index in [0.29, 0.717) is 18.5 Å². The van der Waals surface area contributed by atoms with Gasteiger partial charge < -0.3 is 4.90 Å². The van der Waals surface area contributed by atoms with Crippen LogP contribution in [0.3, 0.4) is 0 Å². The summed E-state index contributed by atoms with van der Waals surface area (Å²) >= 11 is 0. The monoisotopic (exact) mass is 247 g/mol. The Morgan fingerprint density at radius 2 is 2.11 bits per heavy atom. The number of ketones is 1. The van der Waals surface area contributed by atoms with E-state index in [1.54, 1.807) is 19.1 Å². The number of fused-ring (bicyclic) bond motifs is 1. The Labute approximate surface area is 105 Å². The standard InChI is InChI=1S/C14H14FNO2/c1-3-4-5-6-16-12-10(13(17)14(16)18)7-9(2)8-11(12)15/h3,7-8H,1,4-6H2,2H3. The first-order valence-electron chi connectivity index (χ1n) is 5.83. The van der Waals surface area contributed by atoms with Crippen molar-refractivity contribution in [1.82, 2.24) is 0 Å². The Morgan fingerprint density at radius 3 is 2.78 bits per heavy atom. The molecule has 0 N–H and O–H groups in total. The lowest BCUT2D eigenvalue weighted by Gasteiger charge is -2.16. The average molecular weight is 247 g/mol. The summed E-state index contributed by atoms with van der Waals surface area (Å²) in [5, 5.41) is 0. The van der Waals surface area contributed by atoms with Crippen LogP contribution in [-0.4, -0.2) is 18.2 Å². The Kier molecular flexibility index (Phi) is 3.28. The molecule has 0 atom stereocenters. The zero-order valence-electron chi connectivity index (χ0n) is 10.2. The molecule has 0 unspecified atom stereocenters. The average Bonchev–Trinajstić information content (AvgIpc) is 2.55. The Morgan fingerprint density at radius 1 is 1.39 bits per heavy atom. The quantitative estimate of drug-likeness (QED) is 0.466. The van der Waals surface area contributed by atoms with Crippen LogP contribution in [0.15, 0.2) is 24.8 Å². The molecule has 1 amide bonds. The third-order valence-electron chi connectivity index (χ3n) is 2.95. The fraction of sp³-hybridized carbons (Fsp3) is 0.286. The van der Waals surface area contributed by atoms with Crippen molar-refractivity contribution in [2.45, 2.75) is 19.8 Å². The fourth-order valence-electron chi connectivity index (χ4n) is 2.13. The van der Waals surface area contributed by atoms with E-state index in [0.717, 1.165) is 6.42 Å². The molecule has 1 aromatic rings. The van der Waals surface area contributed by atoms with Crippen LogP contribution in [-0.2, 0) is 4.79 Å². The zero-order chi connectivity index (χ0) is 13.3. The Balaban J connectivity index is 2.38. The highest BCUT2D eigenvalue weighted by molar-refractivity contribution is 6.52. The smallest absolute Gasteiger partial charge is 0.299 e. The maximum absolute atomic E-state index is 13.9. The highest BCUT2D eigenvalue weighted by Crippen LogP contribution is 2.32. The van der Waals surface area contributed by atoms with Crippen LogP contribution in [0.1, 0.15) is 28.8 Å². The number of amides is 1. The Bertz CT molecular complexity index is 537. The van der Waals surface area contributed by atoms with Crippen molar-refractivity contribution >= 4 is 17.4 Å². The lowest BCUT2D eigenvalue weighted by atomic mass is 10.1. The minimum Gasteiger partial charge on any atom is -0.302 e. The van der Waals surface area contributed by atoms with Crippen molar-refractivity contribution in [3.05, 3.63) is 41.7 Å². The number of aryl methyl sites for hydroxylation is 1. The van der Waals surface area contributed by atoms with Crippen LogP contribution in [0.25, 0.3) is 0 Å². The second-order valence-corrected chi connectivity index (χ2v) is 4.36. The first kappa shape index (κ1) is 12.5. The number of carbonyl (C=O) groups excluding carboxylic acids is 2. The van der Waals surface area contributed by atoms with Crippen LogP contribution in [0, 0.1) is 12.7 Å². The predicted octanol–water partition coefficient (Wildman–Crippen LogP) is 2.63. The molecule has 0 bridgehead atoms. The van der Waals surface area contributed by atoms with Crippen molar-refractivity contribution in [2.75, 3.05) is 11.4 Å². The van der Waals surface area contributed by atoms with E-state index in [1.165, 1.54) is 11.0 Å². The van der Waals surface area contributed by atoms with Crippen molar-refractivity contribution in [3.8, 4) is 0 Å². The molecule has 3 nitrogen and oxygen atoms in total. The first-order valence-corrected chi connectivity index (χ1v) is 5.83. The highest BCUT2D eigenvalue weighted by Gasteiger charge is 2.37. The van der Waals surface area contributed by atoms with E-state index in [9.17, 15) is 14.0 Å². The van der Waals surface area contributed by atoms with Gasteiger partial charge in [-0.2, -0.15) is 0 Å². The van der Waals surface area contributed by atoms with Crippen molar-refractivity contribution in [3.63, 3.8) is 0 Å². The molecular formula is C14H14FNO2. The molecule has 1 aliphatic rings. The number of hydrogen-bond acceptors (Lipinski definition) is 2. The number of unbranched alkanes of at least 4 members (excludes halogenated alkanes) is 1. The summed E-state index contributed by atoms with van der Waals surface area (Å²) in [6.45, 7) is 5.62. The van der Waals surface area contributed by atoms with E-state index in [4.69, 9.17) is 0 Å². The molecule has 0 aromatic heterocycles. The minimum absolute atomic E-state index is 0.125. The van der Waals surface area contributed by atoms with Gasteiger partial charge in [0.05, 0.1) is 11.3 Å². The predicted molar refractivity (Wildman–Crippen MR) is 67.3 cm³/mol. The van der Waals surface area contributed by atoms with Gasteiger partial charge in [0.1, 0.15) is 5.82 Å². The molecule has 0 aliphatic carbocycles. The van der Waals surface area contributed by atoms with E-state index >= 15 is 0 Å². The number of allylic oxidation sites excluding steroid dienone is 1. The summed E-state index contributed by atoms with van der Waals surface area (Å²) in [6, 6.07) is 2.90. The molecule has 4 heteroatoms. The number of Topliss-reactive ketones (excluding diaryl/α,β-unsaturated/α-hetero) is 1. The summed E-state index contributed by atoms with van der Waals surface area (Å²) in [6.07, 6.45) is 3.12. The molecular weight excluding hydrogens is 233 g/mol. The van der Waals surface area contributed by atoms with E-state index in [1.807, 2.05) is 0 Å². The molecule has 1 aromatic carbocycles. The number of benzene rings is 1. The minimum atomic E-state index is -0.640. The number of nitrogens with zero attached hydrogens (tertiary/aromatic N) is 1. The maximum atomic E-state index is 13.9. The van der Waals surface area contributed by atoms with Gasteiger partial charge in [-0.05, 0) is 37.5 Å². The molecule has 0 radical (unpaired) electrons. The van der Waals surface area contributed by atoms with Gasteiger partial charge in [0.25, 0.3) is 11.7 Å². The van der Waals surface area contributed by atoms with Gasteiger partial charge in [-0.15, -0.1) is 6.58 Å². The van der Waals surface area contributed by atoms with Crippen molar-refractivity contribution in [2.24, 2.45) is 0 Å². The van der Waals surface area contributed by atoms with Crippen LogP contribution >= 0.6 is 0 Å². The molecule has 0 saturated heterocycles. The summed E-state index contributed by atoms with van der Waals surface area (Å²) < 4.78 is 13.9. The maximum Gasteiger partial charge on any atom is 0.299 e. The number of halogens is 1. The second kappa shape index (κ2) is 4.72. The number of carbonyl (C=O) groups is 2. The van der Waals surface area contributed by atoms with Crippen molar-refractivity contribution < 1.29 is 14.0 Å². The van der Waals surface area contributed by atoms with Crippen LogP contribution in [0.4, 0.5) is 10.1 Å². The van der Waals surface area contributed by atoms with Crippen molar-refractivity contribution in [1.29, 1.82) is 0 Å². The normalized spacial score (nSPS) is 14.0. The molecule has 18 heavy (non-hydrogen) atoms. The summed E-state index contributed by atoms with van der Waals surface area (Å²) in [5.41, 5.74) is 0.941. The number of rotatable bonds is 4. The van der Waals surface area contributed by atoms with E-state index in [2.05, 4.69) is 6.58 Å².